The van der Waals surface area contributed by atoms with Gasteiger partial charge in [0.15, 0.2) is 6.10 Å². The van der Waals surface area contributed by atoms with Crippen molar-refractivity contribution in [2.45, 2.75) is 26.4 Å². The molecule has 1 heterocycles. The van der Waals surface area contributed by atoms with Crippen molar-refractivity contribution in [1.82, 2.24) is 0 Å². The molecule has 4 nitrogen and oxygen atoms in total. The molecule has 2 rings (SSSR count). The summed E-state index contributed by atoms with van der Waals surface area (Å²) in [5.74, 6) is 0.508. The summed E-state index contributed by atoms with van der Waals surface area (Å²) in [5.41, 5.74) is 7.88. The van der Waals surface area contributed by atoms with Gasteiger partial charge in [-0.25, -0.2) is 0 Å². The Hall–Kier alpha value is -1.26. The Morgan fingerprint density at radius 1 is 1.53 bits per heavy atom. The molecule has 0 aromatic heterocycles. The first kappa shape index (κ1) is 12.2. The van der Waals surface area contributed by atoms with Crippen molar-refractivity contribution in [2.24, 2.45) is 5.73 Å². The molecule has 92 valence electrons. The average molecular weight is 255 g/mol. The highest BCUT2D eigenvalue weighted by Gasteiger charge is 2.29. The molecule has 0 spiro atoms. The van der Waals surface area contributed by atoms with Crippen molar-refractivity contribution in [2.75, 3.05) is 11.9 Å². The molecule has 0 saturated carbocycles. The van der Waals surface area contributed by atoms with Crippen LogP contribution in [0.3, 0.4) is 0 Å². The predicted molar refractivity (Wildman–Crippen MR) is 67.6 cm³/mol. The lowest BCUT2D eigenvalue weighted by molar-refractivity contribution is -0.123. The summed E-state index contributed by atoms with van der Waals surface area (Å²) in [7, 11) is 0. The van der Waals surface area contributed by atoms with Gasteiger partial charge in [-0.05, 0) is 37.6 Å². The number of benzene rings is 1. The maximum Gasteiger partial charge on any atom is 0.265 e. The van der Waals surface area contributed by atoms with E-state index in [1.54, 1.807) is 0 Å². The first-order valence-corrected chi connectivity index (χ1v) is 5.89. The zero-order valence-electron chi connectivity index (χ0n) is 9.84. The lowest BCUT2D eigenvalue weighted by Crippen LogP contribution is -2.38. The van der Waals surface area contributed by atoms with Crippen molar-refractivity contribution >= 4 is 23.2 Å². The Balaban J connectivity index is 2.42. The van der Waals surface area contributed by atoms with Crippen molar-refractivity contribution in [1.29, 1.82) is 0 Å². The molecule has 1 unspecified atom stereocenters. The molecule has 0 aliphatic carbocycles. The predicted octanol–water partition coefficient (Wildman–Crippen LogP) is 2.01. The SMILES string of the molecule is Cc1cc2c(c(C)c1Cl)NC(=O)C(CCN)O2. The number of nitrogens with one attached hydrogen (secondary N) is 1. The van der Waals surface area contributed by atoms with Gasteiger partial charge in [0.05, 0.1) is 5.69 Å². The van der Waals surface area contributed by atoms with Gasteiger partial charge < -0.3 is 15.8 Å². The Kier molecular flexibility index (Phi) is 3.26. The zero-order valence-corrected chi connectivity index (χ0v) is 10.6. The number of fused-ring (bicyclic) bond motifs is 1. The minimum Gasteiger partial charge on any atom is -0.478 e. The number of hydrogen-bond donors (Lipinski definition) is 2. The zero-order chi connectivity index (χ0) is 12.6. The Morgan fingerprint density at radius 3 is 2.88 bits per heavy atom. The third kappa shape index (κ3) is 2.10. The number of carbonyl (C=O) groups excluding carboxylic acids is 1. The number of anilines is 1. The molecule has 1 amide bonds. The topological polar surface area (TPSA) is 64.4 Å². The van der Waals surface area contributed by atoms with E-state index < -0.39 is 6.10 Å². The molecule has 3 N–H and O–H groups in total. The van der Waals surface area contributed by atoms with E-state index in [2.05, 4.69) is 5.32 Å². The van der Waals surface area contributed by atoms with E-state index in [4.69, 9.17) is 22.1 Å². The highest BCUT2D eigenvalue weighted by atomic mass is 35.5. The fraction of sp³-hybridized carbons (Fsp3) is 0.417. The molecule has 1 aromatic carbocycles. The number of hydrogen-bond acceptors (Lipinski definition) is 3. The largest absolute Gasteiger partial charge is 0.478 e. The van der Waals surface area contributed by atoms with E-state index in [9.17, 15) is 4.79 Å². The summed E-state index contributed by atoms with van der Waals surface area (Å²) in [6.45, 7) is 4.19. The van der Waals surface area contributed by atoms with Gasteiger partial charge in [-0.2, -0.15) is 0 Å². The second-order valence-corrected chi connectivity index (χ2v) is 4.56. The van der Waals surface area contributed by atoms with Gasteiger partial charge in [0.25, 0.3) is 5.91 Å². The molecule has 1 atom stereocenters. The van der Waals surface area contributed by atoms with Gasteiger partial charge in [0.2, 0.25) is 0 Å². The number of halogens is 1. The summed E-state index contributed by atoms with van der Waals surface area (Å²) < 4.78 is 5.65. The highest BCUT2D eigenvalue weighted by molar-refractivity contribution is 6.32. The van der Waals surface area contributed by atoms with E-state index in [-0.39, 0.29) is 5.91 Å². The second-order valence-electron chi connectivity index (χ2n) is 4.18. The number of aryl methyl sites for hydroxylation is 1. The van der Waals surface area contributed by atoms with Crippen LogP contribution >= 0.6 is 11.6 Å². The average Bonchev–Trinajstić information content (AvgIpc) is 2.29. The fourth-order valence-electron chi connectivity index (χ4n) is 1.92. The molecule has 0 bridgehead atoms. The monoisotopic (exact) mass is 254 g/mol. The number of carbonyl (C=O) groups is 1. The minimum atomic E-state index is -0.507. The summed E-state index contributed by atoms with van der Waals surface area (Å²) >= 11 is 6.13. The van der Waals surface area contributed by atoms with E-state index >= 15 is 0 Å². The molecule has 1 aliphatic heterocycles. The second kappa shape index (κ2) is 4.55. The molecule has 1 aliphatic rings. The minimum absolute atomic E-state index is 0.161. The van der Waals surface area contributed by atoms with E-state index in [0.717, 1.165) is 11.1 Å². The third-order valence-electron chi connectivity index (χ3n) is 2.88. The van der Waals surface area contributed by atoms with Gasteiger partial charge in [-0.3, -0.25) is 4.79 Å². The van der Waals surface area contributed by atoms with Gasteiger partial charge in [0, 0.05) is 11.4 Å². The van der Waals surface area contributed by atoms with E-state index in [1.165, 1.54) is 0 Å². The standard InChI is InChI=1S/C12H15ClN2O2/c1-6-5-9-11(7(2)10(6)13)15-12(16)8(17-9)3-4-14/h5,8H,3-4,14H2,1-2H3,(H,15,16). The van der Waals surface area contributed by atoms with E-state index in [1.807, 2.05) is 19.9 Å². The Morgan fingerprint density at radius 2 is 2.24 bits per heavy atom. The molecule has 0 fully saturated rings. The van der Waals surface area contributed by atoms with Crippen LogP contribution in [0.15, 0.2) is 6.07 Å². The first-order valence-electron chi connectivity index (χ1n) is 5.52. The normalized spacial score (nSPS) is 18.4. The molecule has 5 heteroatoms. The number of nitrogens with two attached hydrogens (primary N) is 1. The molecule has 1 aromatic rings. The van der Waals surface area contributed by atoms with Crippen LogP contribution < -0.4 is 15.8 Å². The number of rotatable bonds is 2. The molecule has 0 radical (unpaired) electrons. The third-order valence-corrected chi connectivity index (χ3v) is 3.46. The lowest BCUT2D eigenvalue weighted by atomic mass is 10.1. The summed E-state index contributed by atoms with van der Waals surface area (Å²) in [5, 5.41) is 3.48. The van der Waals surface area contributed by atoms with Crippen LogP contribution in [0, 0.1) is 13.8 Å². The van der Waals surface area contributed by atoms with Crippen molar-refractivity contribution in [3.05, 3.63) is 22.2 Å². The quantitative estimate of drug-likeness (QED) is 0.849. The first-order chi connectivity index (χ1) is 8.04. The molecular weight excluding hydrogens is 240 g/mol. The van der Waals surface area contributed by atoms with Crippen molar-refractivity contribution in [3.8, 4) is 5.75 Å². The van der Waals surface area contributed by atoms with Gasteiger partial charge in [-0.15, -0.1) is 0 Å². The Bertz CT molecular complexity index is 474. The highest BCUT2D eigenvalue weighted by Crippen LogP contribution is 2.38. The van der Waals surface area contributed by atoms with Crippen LogP contribution in [0.1, 0.15) is 17.5 Å². The van der Waals surface area contributed by atoms with E-state index in [0.29, 0.717) is 29.4 Å². The molecule has 17 heavy (non-hydrogen) atoms. The maximum atomic E-state index is 11.8. The maximum absolute atomic E-state index is 11.8. The van der Waals surface area contributed by atoms with Crippen LogP contribution in [-0.2, 0) is 4.79 Å². The van der Waals surface area contributed by atoms with Crippen molar-refractivity contribution in [3.63, 3.8) is 0 Å². The van der Waals surface area contributed by atoms with Gasteiger partial charge >= 0.3 is 0 Å². The molecular formula is C12H15ClN2O2. The summed E-state index contributed by atoms with van der Waals surface area (Å²) in [6, 6.07) is 1.84. The van der Waals surface area contributed by atoms with Crippen LogP contribution in [0.5, 0.6) is 5.75 Å². The van der Waals surface area contributed by atoms with Crippen molar-refractivity contribution < 1.29 is 9.53 Å². The number of amides is 1. The van der Waals surface area contributed by atoms with Gasteiger partial charge in [0.1, 0.15) is 5.75 Å². The fourth-order valence-corrected chi connectivity index (χ4v) is 2.07. The van der Waals surface area contributed by atoms with Crippen LogP contribution in [0.25, 0.3) is 0 Å². The lowest BCUT2D eigenvalue weighted by Gasteiger charge is -2.27. The Labute approximate surface area is 105 Å². The van der Waals surface area contributed by atoms with Crippen LogP contribution in [0.2, 0.25) is 5.02 Å². The number of ether oxygens (including phenoxy) is 1. The van der Waals surface area contributed by atoms with Crippen LogP contribution in [0.4, 0.5) is 5.69 Å². The van der Waals surface area contributed by atoms with Crippen LogP contribution in [-0.4, -0.2) is 18.6 Å². The smallest absolute Gasteiger partial charge is 0.265 e. The summed E-state index contributed by atoms with van der Waals surface area (Å²) in [4.78, 5) is 11.8. The summed E-state index contributed by atoms with van der Waals surface area (Å²) in [6.07, 6.45) is -0.00102. The van der Waals surface area contributed by atoms with Gasteiger partial charge in [-0.1, -0.05) is 11.6 Å². The molecule has 0 saturated heterocycles.